The van der Waals surface area contributed by atoms with Crippen LogP contribution in [0.2, 0.25) is 0 Å². The summed E-state index contributed by atoms with van der Waals surface area (Å²) in [6.45, 7) is 0. The van der Waals surface area contributed by atoms with Gasteiger partial charge in [-0.05, 0) is 7.05 Å². The van der Waals surface area contributed by atoms with Crippen LogP contribution in [-0.4, -0.2) is 57.0 Å². The summed E-state index contributed by atoms with van der Waals surface area (Å²) in [5.74, 6) is 0.840. The fraction of sp³-hybridized carbons (Fsp3) is 0.429. The molecule has 0 unspecified atom stereocenters. The fourth-order valence-corrected chi connectivity index (χ4v) is 5.24. The third-order valence-electron chi connectivity index (χ3n) is 3.63. The topological polar surface area (TPSA) is 52.9 Å². The number of aliphatic carboxylic acids is 1. The van der Waals surface area contributed by atoms with Gasteiger partial charge in [0.25, 0.3) is 0 Å². The largest absolute Gasteiger partial charge is 0.480 e. The molecule has 1 aromatic carbocycles. The Bertz CT molecular complexity index is 535. The zero-order valence-electron chi connectivity index (χ0n) is 11.1. The highest BCUT2D eigenvalue weighted by molar-refractivity contribution is 8.14. The average Bonchev–Trinajstić information content (AvgIpc) is 3.06. The molecule has 1 fully saturated rings. The summed E-state index contributed by atoms with van der Waals surface area (Å²) in [6.07, 6.45) is 0. The first-order chi connectivity index (χ1) is 9.66. The Morgan fingerprint density at radius 3 is 2.75 bits per heavy atom. The lowest BCUT2D eigenvalue weighted by molar-refractivity contribution is -0.141. The lowest BCUT2D eigenvalue weighted by Crippen LogP contribution is -2.42. The number of hydrogen-bond donors (Lipinski definition) is 1. The van der Waals surface area contributed by atoms with Crippen molar-refractivity contribution < 1.29 is 9.90 Å². The van der Waals surface area contributed by atoms with Crippen molar-refractivity contribution in [2.45, 2.75) is 17.5 Å². The van der Waals surface area contributed by atoms with Crippen LogP contribution < -0.4 is 0 Å². The Morgan fingerprint density at radius 1 is 1.35 bits per heavy atom. The summed E-state index contributed by atoms with van der Waals surface area (Å²) < 4.78 is 0. The van der Waals surface area contributed by atoms with E-state index in [1.165, 1.54) is 0 Å². The molecule has 1 saturated heterocycles. The Hall–Kier alpha value is -0.980. The molecule has 0 aromatic heterocycles. The first-order valence-corrected chi connectivity index (χ1v) is 8.52. The van der Waals surface area contributed by atoms with Crippen molar-refractivity contribution in [2.75, 3.05) is 18.6 Å². The summed E-state index contributed by atoms with van der Waals surface area (Å²) in [4.78, 5) is 17.9. The molecule has 0 bridgehead atoms. The molecular formula is C14H16N2O2S2. The lowest BCUT2D eigenvalue weighted by Gasteiger charge is -2.24. The van der Waals surface area contributed by atoms with E-state index in [0.29, 0.717) is 5.75 Å². The molecule has 1 N–H and O–H groups in total. The van der Waals surface area contributed by atoms with Crippen LogP contribution in [0.1, 0.15) is 5.56 Å². The normalized spacial score (nSPS) is 30.4. The molecule has 106 valence electrons. The average molecular weight is 308 g/mol. The van der Waals surface area contributed by atoms with Gasteiger partial charge in [-0.15, -0.1) is 23.5 Å². The summed E-state index contributed by atoms with van der Waals surface area (Å²) in [5, 5.41) is 10.4. The molecule has 2 heterocycles. The number of carboxylic acid groups (broad SMARTS) is 1. The van der Waals surface area contributed by atoms with E-state index in [0.717, 1.165) is 16.4 Å². The molecule has 4 nitrogen and oxygen atoms in total. The highest BCUT2D eigenvalue weighted by Gasteiger charge is 2.41. The van der Waals surface area contributed by atoms with Crippen molar-refractivity contribution in [2.24, 2.45) is 4.99 Å². The van der Waals surface area contributed by atoms with Gasteiger partial charge in [-0.3, -0.25) is 14.7 Å². The van der Waals surface area contributed by atoms with Crippen LogP contribution in [0.3, 0.4) is 0 Å². The lowest BCUT2D eigenvalue weighted by atomic mass is 10.2. The van der Waals surface area contributed by atoms with Gasteiger partial charge in [-0.25, -0.2) is 0 Å². The van der Waals surface area contributed by atoms with Crippen LogP contribution >= 0.6 is 23.5 Å². The second-order valence-electron chi connectivity index (χ2n) is 4.92. The third-order valence-corrected chi connectivity index (χ3v) is 6.25. The molecule has 0 aliphatic carbocycles. The Labute approximate surface area is 126 Å². The van der Waals surface area contributed by atoms with Crippen molar-refractivity contribution >= 4 is 34.5 Å². The Morgan fingerprint density at radius 2 is 2.10 bits per heavy atom. The van der Waals surface area contributed by atoms with Gasteiger partial charge in [0, 0.05) is 17.1 Å². The van der Waals surface area contributed by atoms with E-state index in [1.807, 2.05) is 30.1 Å². The number of carboxylic acids is 1. The molecule has 3 atom stereocenters. The van der Waals surface area contributed by atoms with Crippen molar-refractivity contribution in [1.82, 2.24) is 4.90 Å². The summed E-state index contributed by atoms with van der Waals surface area (Å²) in [6, 6.07) is 9.96. The molecule has 3 rings (SSSR count). The van der Waals surface area contributed by atoms with Gasteiger partial charge < -0.3 is 5.11 Å². The summed E-state index contributed by atoms with van der Waals surface area (Å²) in [7, 11) is 1.89. The van der Waals surface area contributed by atoms with E-state index in [-0.39, 0.29) is 17.5 Å². The molecule has 1 aromatic rings. The van der Waals surface area contributed by atoms with E-state index in [1.54, 1.807) is 23.5 Å². The highest BCUT2D eigenvalue weighted by atomic mass is 32.2. The Kier molecular flexibility index (Phi) is 4.05. The molecule has 0 radical (unpaired) electrons. The predicted octanol–water partition coefficient (Wildman–Crippen LogP) is 2.01. The maximum absolute atomic E-state index is 11.2. The molecule has 20 heavy (non-hydrogen) atoms. The van der Waals surface area contributed by atoms with Gasteiger partial charge in [0.05, 0.1) is 16.5 Å². The van der Waals surface area contributed by atoms with Gasteiger partial charge in [0.15, 0.2) is 0 Å². The second-order valence-corrected chi connectivity index (χ2v) is 7.08. The van der Waals surface area contributed by atoms with E-state index in [9.17, 15) is 9.90 Å². The molecular weight excluding hydrogens is 292 g/mol. The molecule has 0 saturated carbocycles. The van der Waals surface area contributed by atoms with Crippen LogP contribution in [0.25, 0.3) is 0 Å². The smallest absolute Gasteiger partial charge is 0.321 e. The van der Waals surface area contributed by atoms with Gasteiger partial charge in [-0.2, -0.15) is 0 Å². The summed E-state index contributed by atoms with van der Waals surface area (Å²) >= 11 is 3.47. The first kappa shape index (κ1) is 14.0. The van der Waals surface area contributed by atoms with E-state index >= 15 is 0 Å². The zero-order valence-corrected chi connectivity index (χ0v) is 12.7. The Balaban J connectivity index is 1.74. The van der Waals surface area contributed by atoms with Gasteiger partial charge in [0.2, 0.25) is 0 Å². The number of nitrogens with zero attached hydrogens (tertiary/aromatic N) is 2. The standard InChI is InChI=1S/C14H16N2O2S2/c1-16-11(14(17)18)8-20-13(16)10-7-19-12(15-10)9-5-3-2-4-6-9/h2-6,10-11,13H,7-8H2,1H3,(H,17,18)/t10-,11-,13-/m1/s1. The molecule has 2 aliphatic heterocycles. The van der Waals surface area contributed by atoms with Gasteiger partial charge in [0.1, 0.15) is 6.04 Å². The number of carbonyl (C=O) groups is 1. The fourth-order valence-electron chi connectivity index (χ4n) is 2.50. The number of rotatable bonds is 3. The maximum atomic E-state index is 11.2. The molecule has 0 spiro atoms. The van der Waals surface area contributed by atoms with Crippen molar-refractivity contribution in [1.29, 1.82) is 0 Å². The minimum absolute atomic E-state index is 0.171. The van der Waals surface area contributed by atoms with E-state index < -0.39 is 5.97 Å². The predicted molar refractivity (Wildman–Crippen MR) is 84.7 cm³/mol. The number of thioether (sulfide) groups is 2. The van der Waals surface area contributed by atoms with Crippen molar-refractivity contribution in [3.8, 4) is 0 Å². The van der Waals surface area contributed by atoms with Crippen molar-refractivity contribution in [3.63, 3.8) is 0 Å². The van der Waals surface area contributed by atoms with Crippen LogP contribution in [0.5, 0.6) is 0 Å². The summed E-state index contributed by atoms with van der Waals surface area (Å²) in [5.41, 5.74) is 1.15. The highest BCUT2D eigenvalue weighted by Crippen LogP contribution is 2.36. The SMILES string of the molecule is CN1[C@@H](C(=O)O)CS[C@@H]1[C@H]1CSC(c2ccccc2)=N1. The molecule has 6 heteroatoms. The zero-order chi connectivity index (χ0) is 14.1. The van der Waals surface area contributed by atoms with Crippen molar-refractivity contribution in [3.05, 3.63) is 35.9 Å². The van der Waals surface area contributed by atoms with Gasteiger partial charge >= 0.3 is 5.97 Å². The van der Waals surface area contributed by atoms with E-state index in [4.69, 9.17) is 4.99 Å². The maximum Gasteiger partial charge on any atom is 0.321 e. The van der Waals surface area contributed by atoms with E-state index in [2.05, 4.69) is 12.1 Å². The quantitative estimate of drug-likeness (QED) is 0.926. The monoisotopic (exact) mass is 308 g/mol. The third kappa shape index (κ3) is 2.60. The van der Waals surface area contributed by atoms with Crippen LogP contribution in [0.4, 0.5) is 0 Å². The minimum atomic E-state index is -0.736. The number of likely N-dealkylation sites (N-methyl/N-ethyl adjacent to an activating group) is 1. The molecule has 2 aliphatic rings. The molecule has 0 amide bonds. The van der Waals surface area contributed by atoms with Crippen LogP contribution in [0.15, 0.2) is 35.3 Å². The minimum Gasteiger partial charge on any atom is -0.480 e. The number of hydrogen-bond acceptors (Lipinski definition) is 5. The van der Waals surface area contributed by atoms with Crippen LogP contribution in [-0.2, 0) is 4.79 Å². The van der Waals surface area contributed by atoms with Crippen LogP contribution in [0, 0.1) is 0 Å². The second kappa shape index (κ2) is 5.79. The number of benzene rings is 1. The number of aliphatic imine (C=N–C) groups is 1. The van der Waals surface area contributed by atoms with Gasteiger partial charge in [-0.1, -0.05) is 30.3 Å². The first-order valence-electron chi connectivity index (χ1n) is 6.49.